The Morgan fingerprint density at radius 3 is 2.29 bits per heavy atom. The van der Waals surface area contributed by atoms with Crippen LogP contribution < -0.4 is 5.73 Å². The van der Waals surface area contributed by atoms with Gasteiger partial charge in [0.1, 0.15) is 0 Å². The molecule has 0 atom stereocenters. The van der Waals surface area contributed by atoms with Gasteiger partial charge in [0.25, 0.3) is 0 Å². The lowest BCUT2D eigenvalue weighted by atomic mass is 9.93. The van der Waals surface area contributed by atoms with E-state index in [9.17, 15) is 4.79 Å². The molecule has 3 nitrogen and oxygen atoms in total. The van der Waals surface area contributed by atoms with Crippen LogP contribution in [0.3, 0.4) is 0 Å². The summed E-state index contributed by atoms with van der Waals surface area (Å²) >= 11 is 3.48. The number of amides is 1. The maximum absolute atomic E-state index is 12.7. The summed E-state index contributed by atoms with van der Waals surface area (Å²) < 4.78 is 1.10. The number of carbonyl (C=O) groups excluding carboxylic acids is 1. The summed E-state index contributed by atoms with van der Waals surface area (Å²) in [5.41, 5.74) is 7.19. The lowest BCUT2D eigenvalue weighted by Gasteiger charge is -2.31. The van der Waals surface area contributed by atoms with Gasteiger partial charge in [-0.25, -0.2) is 0 Å². The van der Waals surface area contributed by atoms with Crippen molar-refractivity contribution in [3.8, 4) is 0 Å². The Bertz CT molecular complexity index is 530. The van der Waals surface area contributed by atoms with Crippen LogP contribution in [0.15, 0.2) is 28.7 Å². The van der Waals surface area contributed by atoms with E-state index in [0.29, 0.717) is 0 Å². The van der Waals surface area contributed by atoms with Crippen molar-refractivity contribution in [2.75, 3.05) is 13.6 Å². The molecule has 0 bridgehead atoms. The van der Waals surface area contributed by atoms with Gasteiger partial charge in [-0.05, 0) is 43.4 Å². The number of carbonyl (C=O) groups is 1. The highest BCUT2D eigenvalue weighted by Crippen LogP contribution is 2.49. The van der Waals surface area contributed by atoms with Crippen molar-refractivity contribution in [2.45, 2.75) is 49.5 Å². The summed E-state index contributed by atoms with van der Waals surface area (Å²) in [4.78, 5) is 14.5. The van der Waals surface area contributed by atoms with Gasteiger partial charge in [0.05, 0.1) is 5.54 Å². The van der Waals surface area contributed by atoms with Crippen LogP contribution in [0, 0.1) is 0 Å². The molecule has 2 N–H and O–H groups in total. The molecule has 4 heteroatoms. The average molecular weight is 351 g/mol. The molecule has 114 valence electrons. The molecule has 0 saturated heterocycles. The first kappa shape index (κ1) is 15.0. The SMILES string of the molecule is CN(CC1(c2ccc(Br)cc2)CC1)C(=O)C1(N)CCCC1. The van der Waals surface area contributed by atoms with Gasteiger partial charge >= 0.3 is 0 Å². The minimum Gasteiger partial charge on any atom is -0.343 e. The van der Waals surface area contributed by atoms with Crippen LogP contribution in [0.5, 0.6) is 0 Å². The van der Waals surface area contributed by atoms with Gasteiger partial charge < -0.3 is 10.6 Å². The molecule has 2 aliphatic rings. The lowest BCUT2D eigenvalue weighted by molar-refractivity contribution is -0.135. The highest BCUT2D eigenvalue weighted by Gasteiger charge is 2.47. The van der Waals surface area contributed by atoms with E-state index in [1.165, 1.54) is 5.56 Å². The van der Waals surface area contributed by atoms with E-state index in [2.05, 4.69) is 40.2 Å². The molecule has 0 radical (unpaired) electrons. The van der Waals surface area contributed by atoms with Crippen LogP contribution in [0.4, 0.5) is 0 Å². The standard InChI is InChI=1S/C17H23BrN2O/c1-20(15(21)17(19)8-2-3-9-17)12-16(10-11-16)13-4-6-14(18)7-5-13/h4-7H,2-3,8-12,19H2,1H3. The highest BCUT2D eigenvalue weighted by molar-refractivity contribution is 9.10. The Kier molecular flexibility index (Phi) is 3.87. The second-order valence-electron chi connectivity index (χ2n) is 6.81. The van der Waals surface area contributed by atoms with Gasteiger partial charge in [-0.3, -0.25) is 4.79 Å². The molecular formula is C17H23BrN2O. The van der Waals surface area contributed by atoms with Crippen molar-refractivity contribution in [3.63, 3.8) is 0 Å². The molecule has 2 aliphatic carbocycles. The number of nitrogens with zero attached hydrogens (tertiary/aromatic N) is 1. The first-order valence-corrected chi connectivity index (χ1v) is 8.55. The molecule has 21 heavy (non-hydrogen) atoms. The van der Waals surface area contributed by atoms with E-state index in [0.717, 1.165) is 49.5 Å². The third-order valence-electron chi connectivity index (χ3n) is 5.12. The van der Waals surface area contributed by atoms with Gasteiger partial charge in [0, 0.05) is 23.5 Å². The predicted molar refractivity (Wildman–Crippen MR) is 88.1 cm³/mol. The molecule has 1 aromatic rings. The molecule has 0 aromatic heterocycles. The Morgan fingerprint density at radius 2 is 1.76 bits per heavy atom. The third-order valence-corrected chi connectivity index (χ3v) is 5.65. The number of nitrogens with two attached hydrogens (primary N) is 1. The maximum atomic E-state index is 12.7. The molecule has 2 fully saturated rings. The largest absolute Gasteiger partial charge is 0.343 e. The third kappa shape index (κ3) is 2.88. The predicted octanol–water partition coefficient (Wildman–Crippen LogP) is 3.21. The number of halogens is 1. The lowest BCUT2D eigenvalue weighted by Crippen LogP contribution is -2.53. The van der Waals surface area contributed by atoms with Crippen molar-refractivity contribution in [3.05, 3.63) is 34.3 Å². The van der Waals surface area contributed by atoms with E-state index in [-0.39, 0.29) is 11.3 Å². The fraction of sp³-hybridized carbons (Fsp3) is 0.588. The summed E-state index contributed by atoms with van der Waals surface area (Å²) in [7, 11) is 1.91. The topological polar surface area (TPSA) is 46.3 Å². The second-order valence-corrected chi connectivity index (χ2v) is 7.73. The average Bonchev–Trinajstić information content (AvgIpc) is 3.11. The number of hydrogen-bond donors (Lipinski definition) is 1. The van der Waals surface area contributed by atoms with Crippen LogP contribution in [0.1, 0.15) is 44.1 Å². The minimum atomic E-state index is -0.607. The fourth-order valence-corrected chi connectivity index (χ4v) is 3.88. The van der Waals surface area contributed by atoms with E-state index in [4.69, 9.17) is 5.73 Å². The zero-order valence-electron chi connectivity index (χ0n) is 12.6. The Morgan fingerprint density at radius 1 is 1.19 bits per heavy atom. The molecule has 1 amide bonds. The van der Waals surface area contributed by atoms with Crippen LogP contribution in [0.25, 0.3) is 0 Å². The number of benzene rings is 1. The summed E-state index contributed by atoms with van der Waals surface area (Å²) in [5, 5.41) is 0. The normalized spacial score (nSPS) is 22.0. The Balaban J connectivity index is 1.71. The zero-order chi connectivity index (χ0) is 15.1. The monoisotopic (exact) mass is 350 g/mol. The van der Waals surface area contributed by atoms with Gasteiger partial charge in [-0.1, -0.05) is 40.9 Å². The van der Waals surface area contributed by atoms with Crippen molar-refractivity contribution in [1.82, 2.24) is 4.90 Å². The zero-order valence-corrected chi connectivity index (χ0v) is 14.2. The van der Waals surface area contributed by atoms with Gasteiger partial charge in [-0.15, -0.1) is 0 Å². The first-order chi connectivity index (χ1) is 9.95. The maximum Gasteiger partial charge on any atom is 0.242 e. The van der Waals surface area contributed by atoms with Gasteiger partial charge in [-0.2, -0.15) is 0 Å². The van der Waals surface area contributed by atoms with Crippen molar-refractivity contribution < 1.29 is 4.79 Å². The smallest absolute Gasteiger partial charge is 0.242 e. The molecule has 0 heterocycles. The fourth-order valence-electron chi connectivity index (χ4n) is 3.62. The molecule has 2 saturated carbocycles. The summed E-state index contributed by atoms with van der Waals surface area (Å²) in [6, 6.07) is 8.50. The molecule has 3 rings (SSSR count). The molecular weight excluding hydrogens is 328 g/mol. The number of rotatable bonds is 4. The summed E-state index contributed by atoms with van der Waals surface area (Å²) in [6.45, 7) is 0.784. The molecule has 0 spiro atoms. The first-order valence-electron chi connectivity index (χ1n) is 7.76. The van der Waals surface area contributed by atoms with Gasteiger partial charge in [0.15, 0.2) is 0 Å². The number of hydrogen-bond acceptors (Lipinski definition) is 2. The van der Waals surface area contributed by atoms with E-state index < -0.39 is 5.54 Å². The van der Waals surface area contributed by atoms with E-state index >= 15 is 0 Å². The highest BCUT2D eigenvalue weighted by atomic mass is 79.9. The Hall–Kier alpha value is -0.870. The van der Waals surface area contributed by atoms with Gasteiger partial charge in [0.2, 0.25) is 5.91 Å². The van der Waals surface area contributed by atoms with Crippen LogP contribution in [-0.2, 0) is 10.2 Å². The molecule has 0 aliphatic heterocycles. The summed E-state index contributed by atoms with van der Waals surface area (Å²) in [5.74, 6) is 0.128. The quantitative estimate of drug-likeness (QED) is 0.906. The van der Waals surface area contributed by atoms with Crippen LogP contribution >= 0.6 is 15.9 Å². The van der Waals surface area contributed by atoms with Crippen molar-refractivity contribution >= 4 is 21.8 Å². The van der Waals surface area contributed by atoms with Crippen LogP contribution in [0.2, 0.25) is 0 Å². The van der Waals surface area contributed by atoms with Crippen LogP contribution in [-0.4, -0.2) is 29.9 Å². The Labute approximate surface area is 135 Å². The van der Waals surface area contributed by atoms with Crippen molar-refractivity contribution in [2.24, 2.45) is 5.73 Å². The molecule has 0 unspecified atom stereocenters. The van der Waals surface area contributed by atoms with E-state index in [1.807, 2.05) is 11.9 Å². The molecule has 1 aromatic carbocycles. The summed E-state index contributed by atoms with van der Waals surface area (Å²) in [6.07, 6.45) is 6.14. The minimum absolute atomic E-state index is 0.128. The second kappa shape index (κ2) is 5.40. The number of likely N-dealkylation sites (N-methyl/N-ethyl adjacent to an activating group) is 1. The van der Waals surface area contributed by atoms with E-state index in [1.54, 1.807) is 0 Å². The van der Waals surface area contributed by atoms with Crippen molar-refractivity contribution in [1.29, 1.82) is 0 Å².